The molecule has 1 aromatic heterocycles. The molecular weight excluding hydrogens is 691 g/mol. The van der Waals surface area contributed by atoms with Gasteiger partial charge in [-0.15, -0.1) is 0 Å². The standard InChI is InChI=1S/C53H36BN2O/c1-53(2)42-22-13-23-44-51(42)56(47-31-34-17-7-6-16-33(34)30-43(47)53)50-37-19-9-8-18-36(37)29-41(49(50)54-44)40-28-35(32-14-4-3-5-15-32)26-27-45(40)55-46-24-12-21-39-38-20-10-11-25-48(38)57-52(39)46/h3-31,55H,1-2H3. The summed E-state index contributed by atoms with van der Waals surface area (Å²) in [6.07, 6.45) is 0. The maximum Gasteiger partial charge on any atom is 0.197 e. The summed E-state index contributed by atoms with van der Waals surface area (Å²) in [5, 5.41) is 11.0. The van der Waals surface area contributed by atoms with Gasteiger partial charge < -0.3 is 14.6 Å². The van der Waals surface area contributed by atoms with Gasteiger partial charge in [-0.1, -0.05) is 153 Å². The van der Waals surface area contributed by atoms with Crippen LogP contribution in [-0.2, 0) is 5.41 Å². The summed E-state index contributed by atoms with van der Waals surface area (Å²) in [5.41, 5.74) is 16.9. The fourth-order valence-corrected chi connectivity index (χ4v) is 9.63. The Morgan fingerprint density at radius 3 is 2.09 bits per heavy atom. The second-order valence-corrected chi connectivity index (χ2v) is 16.0. The fourth-order valence-electron chi connectivity index (χ4n) is 9.63. The zero-order chi connectivity index (χ0) is 37.8. The molecule has 12 rings (SSSR count). The molecule has 0 unspecified atom stereocenters. The van der Waals surface area contributed by atoms with Gasteiger partial charge in [0.15, 0.2) is 12.9 Å². The van der Waals surface area contributed by atoms with E-state index in [1.165, 1.54) is 71.8 Å². The van der Waals surface area contributed by atoms with Crippen molar-refractivity contribution >= 4 is 90.1 Å². The van der Waals surface area contributed by atoms with E-state index in [1.807, 2.05) is 12.1 Å². The normalized spacial score (nSPS) is 13.7. The van der Waals surface area contributed by atoms with Gasteiger partial charge in [0.1, 0.15) is 5.58 Å². The lowest BCUT2D eigenvalue weighted by Crippen LogP contribution is -2.45. The van der Waals surface area contributed by atoms with Gasteiger partial charge in [0.05, 0.1) is 11.4 Å². The molecule has 10 aromatic rings. The van der Waals surface area contributed by atoms with Crippen molar-refractivity contribution in [3.8, 4) is 22.3 Å². The average Bonchev–Trinajstić information content (AvgIpc) is 3.64. The Labute approximate surface area is 332 Å². The Kier molecular flexibility index (Phi) is 6.77. The van der Waals surface area contributed by atoms with Gasteiger partial charge >= 0.3 is 0 Å². The van der Waals surface area contributed by atoms with Crippen molar-refractivity contribution in [1.29, 1.82) is 0 Å². The molecule has 0 atom stereocenters. The lowest BCUT2D eigenvalue weighted by molar-refractivity contribution is 0.633. The third-order valence-corrected chi connectivity index (χ3v) is 12.4. The van der Waals surface area contributed by atoms with Crippen LogP contribution >= 0.6 is 0 Å². The molecule has 0 fully saturated rings. The fraction of sp³-hybridized carbons (Fsp3) is 0.0566. The highest BCUT2D eigenvalue weighted by molar-refractivity contribution is 6.74. The molecule has 57 heavy (non-hydrogen) atoms. The van der Waals surface area contributed by atoms with Crippen LogP contribution < -0.4 is 21.1 Å². The molecule has 9 aromatic carbocycles. The van der Waals surface area contributed by atoms with Crippen LogP contribution in [0, 0.1) is 0 Å². The predicted molar refractivity (Wildman–Crippen MR) is 241 cm³/mol. The van der Waals surface area contributed by atoms with Gasteiger partial charge in [0, 0.05) is 44.2 Å². The molecule has 0 bridgehead atoms. The number of para-hydroxylation sites is 3. The maximum atomic E-state index is 6.53. The van der Waals surface area contributed by atoms with Crippen molar-refractivity contribution in [2.45, 2.75) is 19.3 Å². The van der Waals surface area contributed by atoms with Crippen molar-refractivity contribution in [2.24, 2.45) is 0 Å². The summed E-state index contributed by atoms with van der Waals surface area (Å²) in [5.74, 6) is 0. The Morgan fingerprint density at radius 2 is 1.23 bits per heavy atom. The maximum absolute atomic E-state index is 6.53. The number of nitrogens with one attached hydrogen (secondary N) is 1. The first-order valence-electron chi connectivity index (χ1n) is 19.8. The van der Waals surface area contributed by atoms with Crippen molar-refractivity contribution in [2.75, 3.05) is 10.2 Å². The molecule has 0 amide bonds. The quantitative estimate of drug-likeness (QED) is 0.183. The SMILES string of the molecule is CC1(C)c2cc3ccccc3cc2N2c3c(cccc31)[B]c1c(-c3cc(-c4ccccc4)ccc3Nc3cccc4c3oc3ccccc34)cc3ccccc3c12. The smallest absolute Gasteiger partial charge is 0.197 e. The molecule has 267 valence electrons. The largest absolute Gasteiger partial charge is 0.454 e. The van der Waals surface area contributed by atoms with E-state index in [-0.39, 0.29) is 5.41 Å². The molecule has 0 aliphatic carbocycles. The average molecular weight is 728 g/mol. The molecule has 2 aliphatic heterocycles. The molecule has 0 spiro atoms. The van der Waals surface area contributed by atoms with E-state index < -0.39 is 0 Å². The molecular formula is C53H36BN2O. The first kappa shape index (κ1) is 32.2. The molecule has 3 nitrogen and oxygen atoms in total. The number of fused-ring (bicyclic) bond motifs is 10. The summed E-state index contributed by atoms with van der Waals surface area (Å²) in [4.78, 5) is 2.59. The molecule has 0 saturated carbocycles. The predicted octanol–water partition coefficient (Wildman–Crippen LogP) is 13.0. The zero-order valence-electron chi connectivity index (χ0n) is 31.7. The zero-order valence-corrected chi connectivity index (χ0v) is 31.7. The summed E-state index contributed by atoms with van der Waals surface area (Å²) >= 11 is 0. The Balaban J connectivity index is 1.15. The van der Waals surface area contributed by atoms with Gasteiger partial charge in [-0.3, -0.25) is 0 Å². The molecule has 2 aliphatic rings. The van der Waals surface area contributed by atoms with E-state index in [0.29, 0.717) is 0 Å². The number of nitrogens with zero attached hydrogens (tertiary/aromatic N) is 1. The second kappa shape index (κ2) is 12.0. The number of benzene rings is 9. The van der Waals surface area contributed by atoms with Crippen molar-refractivity contribution in [1.82, 2.24) is 0 Å². The number of hydrogen-bond donors (Lipinski definition) is 1. The molecule has 1 radical (unpaired) electrons. The summed E-state index contributed by atoms with van der Waals surface area (Å²) in [6, 6.07) is 63.9. The van der Waals surface area contributed by atoms with Crippen molar-refractivity contribution < 1.29 is 4.42 Å². The van der Waals surface area contributed by atoms with Crippen LogP contribution in [0.2, 0.25) is 0 Å². The topological polar surface area (TPSA) is 28.4 Å². The van der Waals surface area contributed by atoms with E-state index in [0.717, 1.165) is 44.4 Å². The van der Waals surface area contributed by atoms with Crippen LogP contribution in [0.1, 0.15) is 25.0 Å². The molecule has 4 heteroatoms. The summed E-state index contributed by atoms with van der Waals surface area (Å²) < 4.78 is 6.53. The first-order chi connectivity index (χ1) is 28.0. The number of hydrogen-bond acceptors (Lipinski definition) is 3. The second-order valence-electron chi connectivity index (χ2n) is 16.0. The highest BCUT2D eigenvalue weighted by atomic mass is 16.3. The van der Waals surface area contributed by atoms with Gasteiger partial charge in [0.25, 0.3) is 0 Å². The lowest BCUT2D eigenvalue weighted by atomic mass is 9.55. The van der Waals surface area contributed by atoms with E-state index in [2.05, 4.69) is 195 Å². The number of anilines is 5. The Bertz CT molecular complexity index is 3290. The molecule has 3 heterocycles. The molecule has 0 saturated heterocycles. The van der Waals surface area contributed by atoms with E-state index in [4.69, 9.17) is 4.42 Å². The van der Waals surface area contributed by atoms with Crippen LogP contribution in [-0.4, -0.2) is 7.28 Å². The van der Waals surface area contributed by atoms with Crippen LogP contribution in [0.25, 0.3) is 65.7 Å². The van der Waals surface area contributed by atoms with Gasteiger partial charge in [0.2, 0.25) is 0 Å². The van der Waals surface area contributed by atoms with Crippen LogP contribution in [0.4, 0.5) is 28.4 Å². The van der Waals surface area contributed by atoms with Crippen LogP contribution in [0.5, 0.6) is 0 Å². The summed E-state index contributed by atoms with van der Waals surface area (Å²) in [6.45, 7) is 4.76. The van der Waals surface area contributed by atoms with Gasteiger partial charge in [-0.05, 0) is 91.9 Å². The third kappa shape index (κ3) is 4.74. The Morgan fingerprint density at radius 1 is 0.509 bits per heavy atom. The number of furan rings is 1. The Hall–Kier alpha value is -7.04. The third-order valence-electron chi connectivity index (χ3n) is 12.4. The minimum Gasteiger partial charge on any atom is -0.454 e. The monoisotopic (exact) mass is 727 g/mol. The van der Waals surface area contributed by atoms with Crippen molar-refractivity contribution in [3.63, 3.8) is 0 Å². The van der Waals surface area contributed by atoms with E-state index in [9.17, 15) is 0 Å². The lowest BCUT2D eigenvalue weighted by Gasteiger charge is -2.46. The van der Waals surface area contributed by atoms with Gasteiger partial charge in [-0.2, -0.15) is 0 Å². The van der Waals surface area contributed by atoms with Crippen molar-refractivity contribution in [3.05, 3.63) is 187 Å². The van der Waals surface area contributed by atoms with Gasteiger partial charge in [-0.25, -0.2) is 0 Å². The highest BCUT2D eigenvalue weighted by Crippen LogP contribution is 2.54. The molecule has 1 N–H and O–H groups in total. The first-order valence-corrected chi connectivity index (χ1v) is 19.8. The van der Waals surface area contributed by atoms with Crippen LogP contribution in [0.3, 0.4) is 0 Å². The summed E-state index contributed by atoms with van der Waals surface area (Å²) in [7, 11) is 2.44. The minimum absolute atomic E-state index is 0.196. The minimum atomic E-state index is -0.196. The van der Waals surface area contributed by atoms with Crippen LogP contribution in [0.15, 0.2) is 180 Å². The van der Waals surface area contributed by atoms with E-state index >= 15 is 0 Å². The highest BCUT2D eigenvalue weighted by Gasteiger charge is 2.42. The van der Waals surface area contributed by atoms with E-state index in [1.54, 1.807) is 0 Å². The number of rotatable bonds is 4.